The number of hydrogen-bond acceptors (Lipinski definition) is 3. The summed E-state index contributed by atoms with van der Waals surface area (Å²) < 4.78 is 13.4. The summed E-state index contributed by atoms with van der Waals surface area (Å²) in [5, 5.41) is 2.69. The monoisotopic (exact) mass is 393 g/mol. The molecular weight excluding hydrogens is 369 g/mol. The number of carbonyl (C=O) groups excluding carboxylic acids is 2. The Morgan fingerprint density at radius 2 is 1.90 bits per heavy atom. The van der Waals surface area contributed by atoms with E-state index < -0.39 is 11.5 Å². The minimum absolute atomic E-state index is 0.108. The van der Waals surface area contributed by atoms with Crippen molar-refractivity contribution in [2.45, 2.75) is 38.3 Å². The molecule has 0 bridgehead atoms. The average molecular weight is 393 g/mol. The Balaban J connectivity index is 1.59. The predicted molar refractivity (Wildman–Crippen MR) is 110 cm³/mol. The summed E-state index contributed by atoms with van der Waals surface area (Å²) in [5.74, 6) is -0.422. The highest BCUT2D eigenvalue weighted by Gasteiger charge is 2.49. The summed E-state index contributed by atoms with van der Waals surface area (Å²) in [6.45, 7) is 2.09. The predicted octanol–water partition coefficient (Wildman–Crippen LogP) is 4.00. The molecule has 1 heterocycles. The van der Waals surface area contributed by atoms with Crippen LogP contribution in [0.4, 0.5) is 10.1 Å². The molecule has 1 spiro atoms. The van der Waals surface area contributed by atoms with Crippen molar-refractivity contribution in [2.24, 2.45) is 10.9 Å². The van der Waals surface area contributed by atoms with E-state index in [0.717, 1.165) is 31.2 Å². The molecule has 4 rings (SSSR count). The molecule has 2 amide bonds. The summed E-state index contributed by atoms with van der Waals surface area (Å²) in [6.07, 6.45) is 3.40. The molecule has 2 aromatic rings. The van der Waals surface area contributed by atoms with Crippen molar-refractivity contribution in [3.05, 3.63) is 66.0 Å². The second kappa shape index (κ2) is 7.78. The first-order valence-corrected chi connectivity index (χ1v) is 9.99. The molecule has 1 N–H and O–H groups in total. The van der Waals surface area contributed by atoms with Crippen LogP contribution < -0.4 is 5.32 Å². The van der Waals surface area contributed by atoms with Gasteiger partial charge in [-0.3, -0.25) is 14.6 Å². The van der Waals surface area contributed by atoms with Gasteiger partial charge in [-0.25, -0.2) is 4.39 Å². The van der Waals surface area contributed by atoms with Gasteiger partial charge in [-0.1, -0.05) is 43.3 Å². The molecule has 2 aromatic carbocycles. The van der Waals surface area contributed by atoms with E-state index in [4.69, 9.17) is 4.99 Å². The van der Waals surface area contributed by atoms with Gasteiger partial charge in [-0.15, -0.1) is 0 Å². The van der Waals surface area contributed by atoms with Crippen LogP contribution in [-0.4, -0.2) is 34.6 Å². The molecule has 0 aromatic heterocycles. The SMILES string of the molecule is CC1CCC2(CC1)N=C(c1ccccc1)C(=O)N2CC(=O)Nc1cccc(F)c1. The van der Waals surface area contributed by atoms with Gasteiger partial charge in [0.1, 0.15) is 23.7 Å². The molecule has 1 fully saturated rings. The minimum Gasteiger partial charge on any atom is -0.324 e. The molecule has 0 saturated heterocycles. The molecule has 6 heteroatoms. The van der Waals surface area contributed by atoms with Gasteiger partial charge in [0, 0.05) is 11.3 Å². The van der Waals surface area contributed by atoms with Gasteiger partial charge < -0.3 is 10.2 Å². The molecule has 5 nitrogen and oxygen atoms in total. The zero-order valence-corrected chi connectivity index (χ0v) is 16.4. The molecule has 1 aliphatic carbocycles. The van der Waals surface area contributed by atoms with Gasteiger partial charge in [-0.05, 0) is 49.8 Å². The van der Waals surface area contributed by atoms with Crippen LogP contribution in [0.1, 0.15) is 38.2 Å². The number of benzene rings is 2. The maximum atomic E-state index is 13.4. The second-order valence-electron chi connectivity index (χ2n) is 7.94. The van der Waals surface area contributed by atoms with Crippen molar-refractivity contribution in [3.63, 3.8) is 0 Å². The van der Waals surface area contributed by atoms with Crippen LogP contribution in [0.2, 0.25) is 0 Å². The molecule has 0 atom stereocenters. The second-order valence-corrected chi connectivity index (χ2v) is 7.94. The molecule has 0 unspecified atom stereocenters. The number of aliphatic imine (C=N–C) groups is 1. The molecule has 0 radical (unpaired) electrons. The highest BCUT2D eigenvalue weighted by molar-refractivity contribution is 6.47. The van der Waals surface area contributed by atoms with Gasteiger partial charge in [0.05, 0.1) is 0 Å². The lowest BCUT2D eigenvalue weighted by atomic mass is 9.82. The van der Waals surface area contributed by atoms with Crippen LogP contribution in [-0.2, 0) is 9.59 Å². The van der Waals surface area contributed by atoms with Gasteiger partial charge >= 0.3 is 0 Å². The lowest BCUT2D eigenvalue weighted by molar-refractivity contribution is -0.134. The Morgan fingerprint density at radius 1 is 1.17 bits per heavy atom. The number of nitrogens with zero attached hydrogens (tertiary/aromatic N) is 2. The lowest BCUT2D eigenvalue weighted by Crippen LogP contribution is -2.51. The molecule has 1 aliphatic heterocycles. The van der Waals surface area contributed by atoms with Crippen LogP contribution in [0.3, 0.4) is 0 Å². The number of halogens is 1. The number of rotatable bonds is 4. The minimum atomic E-state index is -0.673. The van der Waals surface area contributed by atoms with Crippen molar-refractivity contribution < 1.29 is 14.0 Å². The van der Waals surface area contributed by atoms with Crippen LogP contribution in [0.5, 0.6) is 0 Å². The Morgan fingerprint density at radius 3 is 2.59 bits per heavy atom. The van der Waals surface area contributed by atoms with Crippen molar-refractivity contribution in [2.75, 3.05) is 11.9 Å². The van der Waals surface area contributed by atoms with Crippen LogP contribution >= 0.6 is 0 Å². The van der Waals surface area contributed by atoms with Crippen molar-refractivity contribution in [3.8, 4) is 0 Å². The van der Waals surface area contributed by atoms with Gasteiger partial charge in [-0.2, -0.15) is 0 Å². The first-order chi connectivity index (χ1) is 14.0. The van der Waals surface area contributed by atoms with E-state index in [-0.39, 0.29) is 18.4 Å². The van der Waals surface area contributed by atoms with Crippen LogP contribution in [0.25, 0.3) is 0 Å². The normalized spacial score (nSPS) is 23.9. The standard InChI is InChI=1S/C23H24FN3O2/c1-16-10-12-23(13-11-16)26-21(17-6-3-2-4-7-17)22(29)27(23)15-20(28)25-19-9-5-8-18(24)14-19/h2-9,14,16H,10-13,15H2,1H3,(H,25,28). The largest absolute Gasteiger partial charge is 0.324 e. The van der Waals surface area contributed by atoms with Crippen molar-refractivity contribution in [1.82, 2.24) is 4.90 Å². The highest BCUT2D eigenvalue weighted by Crippen LogP contribution is 2.41. The number of amides is 2. The van der Waals surface area contributed by atoms with E-state index >= 15 is 0 Å². The maximum Gasteiger partial charge on any atom is 0.275 e. The first kappa shape index (κ1) is 19.3. The van der Waals surface area contributed by atoms with Gasteiger partial charge in [0.2, 0.25) is 5.91 Å². The van der Waals surface area contributed by atoms with E-state index in [1.807, 2.05) is 30.3 Å². The fourth-order valence-electron chi connectivity index (χ4n) is 4.15. The zero-order chi connectivity index (χ0) is 20.4. The Kier molecular flexibility index (Phi) is 5.18. The summed E-state index contributed by atoms with van der Waals surface area (Å²) in [5.41, 5.74) is 0.882. The van der Waals surface area contributed by atoms with E-state index in [0.29, 0.717) is 17.3 Å². The fourth-order valence-corrected chi connectivity index (χ4v) is 4.15. The average Bonchev–Trinajstić information content (AvgIpc) is 2.97. The molecule has 2 aliphatic rings. The summed E-state index contributed by atoms with van der Waals surface area (Å²) >= 11 is 0. The lowest BCUT2D eigenvalue weighted by Gasteiger charge is -2.40. The Hall–Kier alpha value is -3.02. The highest BCUT2D eigenvalue weighted by atomic mass is 19.1. The summed E-state index contributed by atoms with van der Waals surface area (Å²) in [7, 11) is 0. The number of anilines is 1. The third kappa shape index (κ3) is 3.92. The molecule has 29 heavy (non-hydrogen) atoms. The van der Waals surface area contributed by atoms with Crippen LogP contribution in [0.15, 0.2) is 59.6 Å². The topological polar surface area (TPSA) is 61.8 Å². The Bertz CT molecular complexity index is 950. The quantitative estimate of drug-likeness (QED) is 0.853. The van der Waals surface area contributed by atoms with E-state index in [9.17, 15) is 14.0 Å². The fraction of sp³-hybridized carbons (Fsp3) is 0.348. The number of nitrogens with one attached hydrogen (secondary N) is 1. The third-order valence-corrected chi connectivity index (χ3v) is 5.80. The van der Waals surface area contributed by atoms with E-state index in [1.54, 1.807) is 11.0 Å². The molecular formula is C23H24FN3O2. The summed E-state index contributed by atoms with van der Waals surface area (Å²) in [6, 6.07) is 15.1. The van der Waals surface area contributed by atoms with Crippen molar-refractivity contribution in [1.29, 1.82) is 0 Å². The molecule has 150 valence electrons. The van der Waals surface area contributed by atoms with E-state index in [1.165, 1.54) is 18.2 Å². The van der Waals surface area contributed by atoms with E-state index in [2.05, 4.69) is 12.2 Å². The van der Waals surface area contributed by atoms with Gasteiger partial charge in [0.25, 0.3) is 5.91 Å². The van der Waals surface area contributed by atoms with Crippen molar-refractivity contribution >= 4 is 23.2 Å². The maximum absolute atomic E-state index is 13.4. The molecule has 1 saturated carbocycles. The number of carbonyl (C=O) groups is 2. The number of hydrogen-bond donors (Lipinski definition) is 1. The third-order valence-electron chi connectivity index (χ3n) is 5.80. The Labute approximate surface area is 169 Å². The zero-order valence-electron chi connectivity index (χ0n) is 16.4. The first-order valence-electron chi connectivity index (χ1n) is 9.99. The smallest absolute Gasteiger partial charge is 0.275 e. The van der Waals surface area contributed by atoms with Gasteiger partial charge in [0.15, 0.2) is 0 Å². The summed E-state index contributed by atoms with van der Waals surface area (Å²) in [4.78, 5) is 32.4. The van der Waals surface area contributed by atoms with Crippen LogP contribution in [0, 0.1) is 11.7 Å².